The predicted molar refractivity (Wildman–Crippen MR) is 71.6 cm³/mol. The van der Waals surface area contributed by atoms with Crippen LogP contribution in [0.1, 0.15) is 52.9 Å². The Morgan fingerprint density at radius 2 is 1.83 bits per heavy atom. The molecule has 106 valence electrons. The molecular weight excluding hydrogens is 232 g/mol. The van der Waals surface area contributed by atoms with Gasteiger partial charge in [-0.3, -0.25) is 4.79 Å². The van der Waals surface area contributed by atoms with Gasteiger partial charge in [-0.05, 0) is 33.1 Å². The van der Waals surface area contributed by atoms with Crippen molar-refractivity contribution in [3.8, 4) is 0 Å². The van der Waals surface area contributed by atoms with E-state index < -0.39 is 5.97 Å². The Balaban J connectivity index is 3.74. The van der Waals surface area contributed by atoms with E-state index in [1.165, 1.54) is 0 Å². The van der Waals surface area contributed by atoms with Crippen molar-refractivity contribution >= 4 is 12.0 Å². The van der Waals surface area contributed by atoms with Gasteiger partial charge >= 0.3 is 12.0 Å². The number of urea groups is 1. The Bertz CT molecular complexity index is 277. The van der Waals surface area contributed by atoms with Gasteiger partial charge in [-0.25, -0.2) is 4.79 Å². The Hall–Kier alpha value is -1.26. The number of hydrogen-bond donors (Lipinski definition) is 2. The highest BCUT2D eigenvalue weighted by atomic mass is 16.4. The first kappa shape index (κ1) is 16.7. The minimum absolute atomic E-state index is 0.0694. The van der Waals surface area contributed by atoms with E-state index in [0.717, 1.165) is 19.3 Å². The normalized spacial score (nSPS) is 11.1. The van der Waals surface area contributed by atoms with Gasteiger partial charge in [-0.2, -0.15) is 0 Å². The summed E-state index contributed by atoms with van der Waals surface area (Å²) >= 11 is 0. The fourth-order valence-electron chi connectivity index (χ4n) is 1.40. The molecule has 5 nitrogen and oxygen atoms in total. The summed E-state index contributed by atoms with van der Waals surface area (Å²) < 4.78 is 0. The van der Waals surface area contributed by atoms with Crippen LogP contribution in [0.5, 0.6) is 0 Å². The van der Waals surface area contributed by atoms with Crippen molar-refractivity contribution in [2.75, 3.05) is 13.6 Å². The number of rotatable bonds is 8. The van der Waals surface area contributed by atoms with Crippen LogP contribution < -0.4 is 5.32 Å². The molecule has 0 atom stereocenters. The highest BCUT2D eigenvalue weighted by Gasteiger charge is 2.24. The topological polar surface area (TPSA) is 69.6 Å². The van der Waals surface area contributed by atoms with E-state index in [4.69, 9.17) is 5.11 Å². The predicted octanol–water partition coefficient (Wildman–Crippen LogP) is 2.46. The molecule has 2 amide bonds. The van der Waals surface area contributed by atoms with Crippen LogP contribution in [0, 0.1) is 0 Å². The van der Waals surface area contributed by atoms with Crippen molar-refractivity contribution in [1.29, 1.82) is 0 Å². The number of carboxylic acids is 1. The van der Waals surface area contributed by atoms with Crippen LogP contribution in [-0.2, 0) is 4.79 Å². The molecule has 0 saturated carbocycles. The molecule has 0 aliphatic carbocycles. The Morgan fingerprint density at radius 3 is 2.33 bits per heavy atom. The van der Waals surface area contributed by atoms with Crippen molar-refractivity contribution in [3.63, 3.8) is 0 Å². The molecule has 0 unspecified atom stereocenters. The molecule has 0 rings (SSSR count). The number of hydrogen-bond acceptors (Lipinski definition) is 2. The first-order valence-electron chi connectivity index (χ1n) is 6.54. The standard InChI is InChI=1S/C13H26N2O3/c1-5-13(2,3)15(4)12(18)14-10-8-6-7-9-11(16)17/h5-10H2,1-4H3,(H,14,18)(H,16,17). The van der Waals surface area contributed by atoms with Gasteiger partial charge in [0, 0.05) is 25.6 Å². The zero-order valence-electron chi connectivity index (χ0n) is 12.0. The van der Waals surface area contributed by atoms with Crippen LogP contribution in [0.2, 0.25) is 0 Å². The van der Waals surface area contributed by atoms with Crippen LogP contribution in [-0.4, -0.2) is 41.1 Å². The van der Waals surface area contributed by atoms with Gasteiger partial charge in [0.15, 0.2) is 0 Å². The van der Waals surface area contributed by atoms with Gasteiger partial charge in [0.2, 0.25) is 0 Å². The summed E-state index contributed by atoms with van der Waals surface area (Å²) in [7, 11) is 1.79. The summed E-state index contributed by atoms with van der Waals surface area (Å²) in [6, 6.07) is -0.0694. The van der Waals surface area contributed by atoms with Crippen molar-refractivity contribution in [2.45, 2.75) is 58.4 Å². The van der Waals surface area contributed by atoms with Crippen LogP contribution in [0.15, 0.2) is 0 Å². The second-order valence-electron chi connectivity index (χ2n) is 5.16. The number of aliphatic carboxylic acids is 1. The Kier molecular flexibility index (Phi) is 7.39. The number of unbranched alkanes of at least 4 members (excludes halogenated alkanes) is 2. The van der Waals surface area contributed by atoms with Gasteiger partial charge < -0.3 is 15.3 Å². The zero-order chi connectivity index (χ0) is 14.2. The molecule has 0 saturated heterocycles. The first-order valence-corrected chi connectivity index (χ1v) is 6.54. The number of amides is 2. The molecular formula is C13H26N2O3. The van der Waals surface area contributed by atoms with E-state index in [2.05, 4.69) is 12.2 Å². The lowest BCUT2D eigenvalue weighted by molar-refractivity contribution is -0.137. The molecule has 0 radical (unpaired) electrons. The van der Waals surface area contributed by atoms with Gasteiger partial charge in [0.05, 0.1) is 0 Å². The van der Waals surface area contributed by atoms with Gasteiger partial charge in [-0.1, -0.05) is 13.3 Å². The molecule has 0 aromatic rings. The second kappa shape index (κ2) is 7.95. The number of carboxylic acid groups (broad SMARTS) is 1. The maximum absolute atomic E-state index is 11.8. The molecule has 2 N–H and O–H groups in total. The summed E-state index contributed by atoms with van der Waals surface area (Å²) in [5.41, 5.74) is -0.145. The number of carbonyl (C=O) groups excluding carboxylic acids is 1. The van der Waals surface area contributed by atoms with E-state index in [9.17, 15) is 9.59 Å². The highest BCUT2D eigenvalue weighted by molar-refractivity contribution is 5.74. The third-order valence-corrected chi connectivity index (χ3v) is 3.42. The van der Waals surface area contributed by atoms with E-state index in [0.29, 0.717) is 13.0 Å². The Morgan fingerprint density at radius 1 is 1.22 bits per heavy atom. The third kappa shape index (κ3) is 6.47. The summed E-state index contributed by atoms with van der Waals surface area (Å²) in [5.74, 6) is -0.761. The fourth-order valence-corrected chi connectivity index (χ4v) is 1.40. The van der Waals surface area contributed by atoms with Crippen molar-refractivity contribution in [2.24, 2.45) is 0 Å². The fraction of sp³-hybridized carbons (Fsp3) is 0.846. The van der Waals surface area contributed by atoms with E-state index in [1.807, 2.05) is 13.8 Å². The van der Waals surface area contributed by atoms with Crippen molar-refractivity contribution < 1.29 is 14.7 Å². The molecule has 0 aliphatic rings. The molecule has 0 spiro atoms. The SMILES string of the molecule is CCC(C)(C)N(C)C(=O)NCCCCCC(=O)O. The van der Waals surface area contributed by atoms with Crippen LogP contribution >= 0.6 is 0 Å². The Labute approximate surface area is 110 Å². The molecule has 0 heterocycles. The lowest BCUT2D eigenvalue weighted by Gasteiger charge is -2.34. The quantitative estimate of drug-likeness (QED) is 0.657. The summed E-state index contributed by atoms with van der Waals surface area (Å²) in [5, 5.41) is 11.3. The van der Waals surface area contributed by atoms with Crippen molar-refractivity contribution in [1.82, 2.24) is 10.2 Å². The monoisotopic (exact) mass is 258 g/mol. The largest absolute Gasteiger partial charge is 0.481 e. The molecule has 5 heteroatoms. The average Bonchev–Trinajstić information content (AvgIpc) is 2.31. The minimum atomic E-state index is -0.761. The van der Waals surface area contributed by atoms with Gasteiger partial charge in [0.1, 0.15) is 0 Å². The van der Waals surface area contributed by atoms with Gasteiger partial charge in [0.25, 0.3) is 0 Å². The van der Waals surface area contributed by atoms with Crippen LogP contribution in [0.4, 0.5) is 4.79 Å². The van der Waals surface area contributed by atoms with E-state index >= 15 is 0 Å². The molecule has 18 heavy (non-hydrogen) atoms. The van der Waals surface area contributed by atoms with Crippen LogP contribution in [0.25, 0.3) is 0 Å². The molecule has 0 aliphatic heterocycles. The second-order valence-corrected chi connectivity index (χ2v) is 5.16. The minimum Gasteiger partial charge on any atom is -0.481 e. The van der Waals surface area contributed by atoms with Crippen molar-refractivity contribution in [3.05, 3.63) is 0 Å². The smallest absolute Gasteiger partial charge is 0.317 e. The molecule has 0 fully saturated rings. The average molecular weight is 258 g/mol. The maximum atomic E-state index is 11.8. The lowest BCUT2D eigenvalue weighted by atomic mass is 10.0. The summed E-state index contributed by atoms with van der Waals surface area (Å²) in [6.07, 6.45) is 3.42. The number of nitrogens with zero attached hydrogens (tertiary/aromatic N) is 1. The maximum Gasteiger partial charge on any atom is 0.317 e. The third-order valence-electron chi connectivity index (χ3n) is 3.42. The zero-order valence-corrected chi connectivity index (χ0v) is 12.0. The van der Waals surface area contributed by atoms with E-state index in [-0.39, 0.29) is 18.0 Å². The lowest BCUT2D eigenvalue weighted by Crippen LogP contribution is -2.49. The number of nitrogens with one attached hydrogen (secondary N) is 1. The molecule has 0 aromatic carbocycles. The van der Waals surface area contributed by atoms with Crippen LogP contribution in [0.3, 0.4) is 0 Å². The number of carbonyl (C=O) groups is 2. The summed E-state index contributed by atoms with van der Waals surface area (Å²) in [4.78, 5) is 23.8. The molecule has 0 bridgehead atoms. The highest BCUT2D eigenvalue weighted by Crippen LogP contribution is 2.16. The van der Waals surface area contributed by atoms with Gasteiger partial charge in [-0.15, -0.1) is 0 Å². The summed E-state index contributed by atoms with van der Waals surface area (Å²) in [6.45, 7) is 6.71. The van der Waals surface area contributed by atoms with E-state index in [1.54, 1.807) is 11.9 Å². The first-order chi connectivity index (χ1) is 8.31. The molecule has 0 aromatic heterocycles.